The summed E-state index contributed by atoms with van der Waals surface area (Å²) in [6.45, 7) is 8.93. The molecule has 0 fully saturated rings. The second-order valence-electron chi connectivity index (χ2n) is 4.89. The summed E-state index contributed by atoms with van der Waals surface area (Å²) in [5.74, 6) is 0.953. The maximum atomic E-state index is 4.11. The number of benzene rings is 1. The molecule has 0 spiro atoms. The summed E-state index contributed by atoms with van der Waals surface area (Å²) in [7, 11) is 0. The van der Waals surface area contributed by atoms with Crippen molar-refractivity contribution in [1.29, 1.82) is 0 Å². The summed E-state index contributed by atoms with van der Waals surface area (Å²) in [5, 5.41) is 0. The highest BCUT2D eigenvalue weighted by Gasteiger charge is 2.20. The van der Waals surface area contributed by atoms with Crippen LogP contribution in [0.15, 0.2) is 30.7 Å². The minimum atomic E-state index is 0.456. The highest BCUT2D eigenvalue weighted by atomic mass is 14.9. The van der Waals surface area contributed by atoms with E-state index in [1.54, 1.807) is 6.33 Å². The number of nitrogens with one attached hydrogen (secondary N) is 1. The zero-order chi connectivity index (χ0) is 12.4. The van der Waals surface area contributed by atoms with Crippen LogP contribution in [0.5, 0.6) is 0 Å². The van der Waals surface area contributed by atoms with E-state index >= 15 is 0 Å². The number of hydrogen-bond acceptors (Lipinski definition) is 1. The van der Waals surface area contributed by atoms with Crippen LogP contribution < -0.4 is 0 Å². The first-order chi connectivity index (χ1) is 8.11. The van der Waals surface area contributed by atoms with Crippen molar-refractivity contribution in [2.75, 3.05) is 0 Å². The van der Waals surface area contributed by atoms with Crippen molar-refractivity contribution in [1.82, 2.24) is 9.97 Å². The van der Waals surface area contributed by atoms with Gasteiger partial charge in [0.25, 0.3) is 0 Å². The van der Waals surface area contributed by atoms with E-state index in [2.05, 4.69) is 55.9 Å². The molecule has 0 bridgehead atoms. The highest BCUT2D eigenvalue weighted by molar-refractivity contribution is 5.37. The Bertz CT molecular complexity index is 465. The fourth-order valence-corrected chi connectivity index (χ4v) is 2.58. The molecule has 0 saturated heterocycles. The molecule has 0 saturated carbocycles. The van der Waals surface area contributed by atoms with Crippen LogP contribution >= 0.6 is 0 Å². The summed E-state index contributed by atoms with van der Waals surface area (Å²) >= 11 is 0. The molecule has 0 aliphatic carbocycles. The first-order valence-electron chi connectivity index (χ1n) is 6.15. The number of H-pyrrole nitrogens is 1. The second-order valence-corrected chi connectivity index (χ2v) is 4.89. The van der Waals surface area contributed by atoms with Gasteiger partial charge in [0.15, 0.2) is 0 Å². The minimum absolute atomic E-state index is 0.456. The molecule has 2 aromatic rings. The van der Waals surface area contributed by atoms with E-state index in [-0.39, 0.29) is 0 Å². The van der Waals surface area contributed by atoms with Gasteiger partial charge in [0.05, 0.1) is 6.33 Å². The molecular weight excluding hydrogens is 208 g/mol. The summed E-state index contributed by atoms with van der Waals surface area (Å²) in [4.78, 5) is 7.32. The zero-order valence-electron chi connectivity index (χ0n) is 11.0. The Balaban J connectivity index is 2.34. The van der Waals surface area contributed by atoms with Crippen LogP contribution in [-0.2, 0) is 0 Å². The number of aromatic nitrogens is 2. The number of aromatic amines is 1. The van der Waals surface area contributed by atoms with Gasteiger partial charge in [-0.25, -0.2) is 4.98 Å². The molecule has 0 aliphatic rings. The SMILES string of the molecule is Cc1cccc(C)c1C(C)C(C)c1cnc[nH]1. The maximum Gasteiger partial charge on any atom is 0.0921 e. The van der Waals surface area contributed by atoms with Gasteiger partial charge < -0.3 is 4.98 Å². The fraction of sp³-hybridized carbons (Fsp3) is 0.400. The fourth-order valence-electron chi connectivity index (χ4n) is 2.58. The highest BCUT2D eigenvalue weighted by Crippen LogP contribution is 2.34. The maximum absolute atomic E-state index is 4.11. The third-order valence-electron chi connectivity index (χ3n) is 3.76. The Morgan fingerprint density at radius 2 is 1.71 bits per heavy atom. The lowest BCUT2D eigenvalue weighted by atomic mass is 9.82. The molecule has 2 heteroatoms. The van der Waals surface area contributed by atoms with Crippen LogP contribution in [0.2, 0.25) is 0 Å². The van der Waals surface area contributed by atoms with Crippen LogP contribution in [0.4, 0.5) is 0 Å². The Kier molecular flexibility index (Phi) is 3.32. The molecule has 2 nitrogen and oxygen atoms in total. The zero-order valence-corrected chi connectivity index (χ0v) is 11.0. The molecule has 1 heterocycles. The Hall–Kier alpha value is -1.57. The average Bonchev–Trinajstić information content (AvgIpc) is 2.81. The standard InChI is InChI=1S/C15H20N2/c1-10-6-5-7-11(2)15(10)13(4)12(3)14-8-16-9-17-14/h5-9,12-13H,1-4H3,(H,16,17). The minimum Gasteiger partial charge on any atom is -0.348 e. The van der Waals surface area contributed by atoms with Gasteiger partial charge in [-0.05, 0) is 36.5 Å². The van der Waals surface area contributed by atoms with E-state index in [0.29, 0.717) is 11.8 Å². The van der Waals surface area contributed by atoms with Gasteiger partial charge in [0, 0.05) is 17.8 Å². The molecule has 2 unspecified atom stereocenters. The van der Waals surface area contributed by atoms with Crippen LogP contribution in [0, 0.1) is 13.8 Å². The van der Waals surface area contributed by atoms with E-state index < -0.39 is 0 Å². The Labute approximate surface area is 103 Å². The van der Waals surface area contributed by atoms with Crippen molar-refractivity contribution >= 4 is 0 Å². The van der Waals surface area contributed by atoms with Crippen LogP contribution in [0.3, 0.4) is 0 Å². The molecule has 0 amide bonds. The van der Waals surface area contributed by atoms with E-state index in [9.17, 15) is 0 Å². The third-order valence-corrected chi connectivity index (χ3v) is 3.76. The first kappa shape index (κ1) is 11.9. The molecule has 2 rings (SSSR count). The molecule has 17 heavy (non-hydrogen) atoms. The molecule has 1 aromatic heterocycles. The van der Waals surface area contributed by atoms with Crippen LogP contribution in [-0.4, -0.2) is 9.97 Å². The lowest BCUT2D eigenvalue weighted by Gasteiger charge is -2.23. The third kappa shape index (κ3) is 2.26. The van der Waals surface area contributed by atoms with E-state index in [1.807, 2.05) is 6.20 Å². The molecule has 0 radical (unpaired) electrons. The summed E-state index contributed by atoms with van der Waals surface area (Å²) in [6.07, 6.45) is 3.68. The van der Waals surface area contributed by atoms with Gasteiger partial charge in [-0.1, -0.05) is 32.0 Å². The molecule has 1 N–H and O–H groups in total. The predicted molar refractivity (Wildman–Crippen MR) is 71.3 cm³/mol. The Morgan fingerprint density at radius 1 is 1.06 bits per heavy atom. The van der Waals surface area contributed by atoms with Crippen LogP contribution in [0.25, 0.3) is 0 Å². The van der Waals surface area contributed by atoms with Crippen molar-refractivity contribution in [2.45, 2.75) is 39.5 Å². The summed E-state index contributed by atoms with van der Waals surface area (Å²) in [5.41, 5.74) is 5.43. The van der Waals surface area contributed by atoms with Crippen LogP contribution in [0.1, 0.15) is 48.1 Å². The summed E-state index contributed by atoms with van der Waals surface area (Å²) in [6, 6.07) is 6.51. The van der Waals surface area contributed by atoms with Gasteiger partial charge in [0.2, 0.25) is 0 Å². The van der Waals surface area contributed by atoms with Gasteiger partial charge >= 0.3 is 0 Å². The molecular formula is C15H20N2. The number of aryl methyl sites for hydroxylation is 2. The van der Waals surface area contributed by atoms with Crippen molar-refractivity contribution in [3.05, 3.63) is 53.1 Å². The Morgan fingerprint density at radius 3 is 2.24 bits per heavy atom. The normalized spacial score (nSPS) is 14.6. The van der Waals surface area contributed by atoms with Gasteiger partial charge in [-0.15, -0.1) is 0 Å². The molecule has 2 atom stereocenters. The van der Waals surface area contributed by atoms with E-state index in [1.165, 1.54) is 22.4 Å². The topological polar surface area (TPSA) is 28.7 Å². The van der Waals surface area contributed by atoms with Gasteiger partial charge in [0.1, 0.15) is 0 Å². The van der Waals surface area contributed by atoms with Crippen molar-refractivity contribution in [2.24, 2.45) is 0 Å². The number of rotatable bonds is 3. The summed E-state index contributed by atoms with van der Waals surface area (Å²) < 4.78 is 0. The second kappa shape index (κ2) is 4.74. The number of imidazole rings is 1. The smallest absolute Gasteiger partial charge is 0.0921 e. The molecule has 0 aliphatic heterocycles. The van der Waals surface area contributed by atoms with Crippen molar-refractivity contribution < 1.29 is 0 Å². The van der Waals surface area contributed by atoms with Gasteiger partial charge in [-0.3, -0.25) is 0 Å². The quantitative estimate of drug-likeness (QED) is 0.847. The average molecular weight is 228 g/mol. The largest absolute Gasteiger partial charge is 0.348 e. The van der Waals surface area contributed by atoms with Crippen molar-refractivity contribution in [3.63, 3.8) is 0 Å². The number of nitrogens with zero attached hydrogens (tertiary/aromatic N) is 1. The predicted octanol–water partition coefficient (Wildman–Crippen LogP) is 3.93. The lowest BCUT2D eigenvalue weighted by molar-refractivity contribution is 0.605. The number of hydrogen-bond donors (Lipinski definition) is 1. The van der Waals surface area contributed by atoms with E-state index in [0.717, 1.165) is 0 Å². The van der Waals surface area contributed by atoms with Crippen molar-refractivity contribution in [3.8, 4) is 0 Å². The first-order valence-corrected chi connectivity index (χ1v) is 6.15. The lowest BCUT2D eigenvalue weighted by Crippen LogP contribution is -2.08. The van der Waals surface area contributed by atoms with E-state index in [4.69, 9.17) is 0 Å². The molecule has 1 aromatic carbocycles. The van der Waals surface area contributed by atoms with Gasteiger partial charge in [-0.2, -0.15) is 0 Å². The monoisotopic (exact) mass is 228 g/mol. The molecule has 90 valence electrons.